The Hall–Kier alpha value is -2.38. The van der Waals surface area contributed by atoms with Crippen LogP contribution in [0.5, 0.6) is 0 Å². The molecular formula is C23H20ClF. The van der Waals surface area contributed by atoms with E-state index >= 15 is 0 Å². The van der Waals surface area contributed by atoms with Crippen LogP contribution in [0.4, 0.5) is 4.39 Å². The van der Waals surface area contributed by atoms with Gasteiger partial charge < -0.3 is 0 Å². The summed E-state index contributed by atoms with van der Waals surface area (Å²) in [6, 6.07) is 23.7. The molecule has 0 fully saturated rings. The summed E-state index contributed by atoms with van der Waals surface area (Å²) in [4.78, 5) is 0. The summed E-state index contributed by atoms with van der Waals surface area (Å²) in [5, 5.41) is 0.409. The van der Waals surface area contributed by atoms with Crippen LogP contribution < -0.4 is 0 Å². The molecule has 2 heteroatoms. The van der Waals surface area contributed by atoms with Gasteiger partial charge in [-0.15, -0.1) is 0 Å². The predicted octanol–water partition coefficient (Wildman–Crippen LogP) is 7.00. The van der Waals surface area contributed by atoms with E-state index in [4.69, 9.17) is 11.6 Å². The lowest BCUT2D eigenvalue weighted by Crippen LogP contribution is -1.98. The van der Waals surface area contributed by atoms with Crippen LogP contribution in [-0.2, 0) is 6.42 Å². The van der Waals surface area contributed by atoms with Crippen LogP contribution in [0.2, 0.25) is 5.02 Å². The normalized spacial score (nSPS) is 12.4. The van der Waals surface area contributed by atoms with E-state index in [-0.39, 0.29) is 5.82 Å². The first-order chi connectivity index (χ1) is 12.1. The Bertz CT molecular complexity index is 851. The topological polar surface area (TPSA) is 0 Å². The minimum atomic E-state index is -0.308. The van der Waals surface area contributed by atoms with Crippen molar-refractivity contribution < 1.29 is 4.39 Å². The van der Waals surface area contributed by atoms with Crippen LogP contribution in [0.15, 0.2) is 72.8 Å². The zero-order valence-electron chi connectivity index (χ0n) is 14.1. The van der Waals surface area contributed by atoms with Crippen LogP contribution in [0.1, 0.15) is 35.1 Å². The van der Waals surface area contributed by atoms with Gasteiger partial charge in [-0.3, -0.25) is 0 Å². The van der Waals surface area contributed by atoms with Crippen molar-refractivity contribution in [1.82, 2.24) is 0 Å². The van der Waals surface area contributed by atoms with E-state index < -0.39 is 0 Å². The molecular weight excluding hydrogens is 331 g/mol. The van der Waals surface area contributed by atoms with Gasteiger partial charge in [-0.05, 0) is 41.2 Å². The number of rotatable bonds is 5. The van der Waals surface area contributed by atoms with E-state index in [1.54, 1.807) is 18.2 Å². The maximum atomic E-state index is 13.8. The average molecular weight is 351 g/mol. The first-order valence-electron chi connectivity index (χ1n) is 8.39. The Kier molecular flexibility index (Phi) is 5.67. The Morgan fingerprint density at radius 2 is 1.64 bits per heavy atom. The molecule has 25 heavy (non-hydrogen) atoms. The van der Waals surface area contributed by atoms with Gasteiger partial charge in [0.15, 0.2) is 0 Å². The van der Waals surface area contributed by atoms with Gasteiger partial charge >= 0.3 is 0 Å². The Morgan fingerprint density at radius 3 is 2.32 bits per heavy atom. The van der Waals surface area contributed by atoms with Crippen molar-refractivity contribution in [3.8, 4) is 0 Å². The molecule has 3 rings (SSSR count). The largest absolute Gasteiger partial charge is 0.206 e. The second-order valence-electron chi connectivity index (χ2n) is 6.26. The van der Waals surface area contributed by atoms with Crippen molar-refractivity contribution in [2.75, 3.05) is 0 Å². The van der Waals surface area contributed by atoms with Crippen molar-refractivity contribution >= 4 is 23.8 Å². The summed E-state index contributed by atoms with van der Waals surface area (Å²) in [5.74, 6) is 0.169. The molecule has 3 aromatic rings. The molecule has 0 aliphatic carbocycles. The molecule has 0 aliphatic rings. The van der Waals surface area contributed by atoms with E-state index in [1.807, 2.05) is 12.1 Å². The highest BCUT2D eigenvalue weighted by atomic mass is 35.5. The van der Waals surface area contributed by atoms with Crippen molar-refractivity contribution in [2.45, 2.75) is 19.3 Å². The summed E-state index contributed by atoms with van der Waals surface area (Å²) < 4.78 is 13.8. The molecule has 0 saturated carbocycles. The third-order valence-corrected chi connectivity index (χ3v) is 4.54. The Morgan fingerprint density at radius 1 is 0.920 bits per heavy atom. The maximum Gasteiger partial charge on any atom is 0.131 e. The van der Waals surface area contributed by atoms with E-state index in [1.165, 1.54) is 17.2 Å². The third kappa shape index (κ3) is 4.80. The molecule has 0 bridgehead atoms. The van der Waals surface area contributed by atoms with Gasteiger partial charge in [-0.25, -0.2) is 4.39 Å². The fraction of sp³-hybridized carbons (Fsp3) is 0.130. The van der Waals surface area contributed by atoms with Gasteiger partial charge in [0.05, 0.1) is 0 Å². The van der Waals surface area contributed by atoms with E-state index in [0.717, 1.165) is 12.0 Å². The first kappa shape index (κ1) is 17.4. The molecule has 1 atom stereocenters. The Labute approximate surface area is 153 Å². The van der Waals surface area contributed by atoms with E-state index in [9.17, 15) is 4.39 Å². The van der Waals surface area contributed by atoms with Crippen molar-refractivity contribution in [3.05, 3.63) is 106 Å². The fourth-order valence-corrected chi connectivity index (χ4v) is 3.00. The summed E-state index contributed by atoms with van der Waals surface area (Å²) in [6.45, 7) is 2.24. The highest BCUT2D eigenvalue weighted by Crippen LogP contribution is 2.21. The van der Waals surface area contributed by atoms with Gasteiger partial charge in [0.2, 0.25) is 0 Å². The second-order valence-corrected chi connectivity index (χ2v) is 6.69. The minimum Gasteiger partial charge on any atom is -0.206 e. The number of hydrogen-bond donors (Lipinski definition) is 0. The smallest absolute Gasteiger partial charge is 0.131 e. The Balaban J connectivity index is 1.67. The standard InChI is InChI=1S/C23H20ClF/c1-17(20-5-3-2-4-6-20)15-19-9-7-18(8-10-19)11-12-21-13-14-22(24)16-23(21)25/h2-14,16-17H,15H2,1H3/t17-/m1/s1. The molecule has 0 heterocycles. The highest BCUT2D eigenvalue weighted by Gasteiger charge is 2.06. The van der Waals surface area contributed by atoms with E-state index in [0.29, 0.717) is 16.5 Å². The molecule has 0 aliphatic heterocycles. The second kappa shape index (κ2) is 8.13. The van der Waals surface area contributed by atoms with Crippen molar-refractivity contribution in [3.63, 3.8) is 0 Å². The lowest BCUT2D eigenvalue weighted by atomic mass is 9.93. The molecule has 0 radical (unpaired) electrons. The lowest BCUT2D eigenvalue weighted by molar-refractivity contribution is 0.625. The van der Waals surface area contributed by atoms with E-state index in [2.05, 4.69) is 55.5 Å². The van der Waals surface area contributed by atoms with Gasteiger partial charge in [0, 0.05) is 10.6 Å². The van der Waals surface area contributed by atoms with Crippen molar-refractivity contribution in [1.29, 1.82) is 0 Å². The SMILES string of the molecule is C[C@H](Cc1ccc(C=Cc2ccc(Cl)cc2F)cc1)c1ccccc1. The number of halogens is 2. The molecule has 3 aromatic carbocycles. The molecule has 0 spiro atoms. The van der Waals surface area contributed by atoms with Crippen LogP contribution in [0.25, 0.3) is 12.2 Å². The molecule has 0 amide bonds. The van der Waals surface area contributed by atoms with Gasteiger partial charge in [0.1, 0.15) is 5.82 Å². The molecule has 0 N–H and O–H groups in total. The van der Waals surface area contributed by atoms with Crippen LogP contribution in [0.3, 0.4) is 0 Å². The zero-order chi connectivity index (χ0) is 17.6. The summed E-state index contributed by atoms with van der Waals surface area (Å²) in [5.41, 5.74) is 4.23. The number of hydrogen-bond acceptors (Lipinski definition) is 0. The molecule has 0 aromatic heterocycles. The van der Waals surface area contributed by atoms with Crippen molar-refractivity contribution in [2.24, 2.45) is 0 Å². The van der Waals surface area contributed by atoms with Gasteiger partial charge in [0.25, 0.3) is 0 Å². The zero-order valence-corrected chi connectivity index (χ0v) is 14.9. The summed E-state index contributed by atoms with van der Waals surface area (Å²) >= 11 is 5.77. The first-order valence-corrected chi connectivity index (χ1v) is 8.76. The average Bonchev–Trinajstić information content (AvgIpc) is 2.63. The van der Waals surface area contributed by atoms with Gasteiger partial charge in [-0.1, -0.05) is 91.3 Å². The van der Waals surface area contributed by atoms with Crippen LogP contribution in [0, 0.1) is 5.82 Å². The molecule has 0 nitrogen and oxygen atoms in total. The number of benzene rings is 3. The maximum absolute atomic E-state index is 13.8. The minimum absolute atomic E-state index is 0.308. The summed E-state index contributed by atoms with van der Waals surface area (Å²) in [6.07, 6.45) is 4.68. The fourth-order valence-electron chi connectivity index (χ4n) is 2.84. The lowest BCUT2D eigenvalue weighted by Gasteiger charge is -2.12. The third-order valence-electron chi connectivity index (χ3n) is 4.31. The molecule has 0 unspecified atom stereocenters. The monoisotopic (exact) mass is 350 g/mol. The quantitative estimate of drug-likeness (QED) is 0.435. The molecule has 126 valence electrons. The van der Waals surface area contributed by atoms with Gasteiger partial charge in [-0.2, -0.15) is 0 Å². The van der Waals surface area contributed by atoms with Crippen LogP contribution >= 0.6 is 11.6 Å². The summed E-state index contributed by atoms with van der Waals surface area (Å²) in [7, 11) is 0. The predicted molar refractivity (Wildman–Crippen MR) is 105 cm³/mol. The van der Waals surface area contributed by atoms with Crippen LogP contribution in [-0.4, -0.2) is 0 Å². The molecule has 0 saturated heterocycles. The highest BCUT2D eigenvalue weighted by molar-refractivity contribution is 6.30.